The molecule has 1 aromatic heterocycles. The molecule has 0 atom stereocenters. The van der Waals surface area contributed by atoms with Gasteiger partial charge in [-0.2, -0.15) is 0 Å². The molecule has 0 unspecified atom stereocenters. The molecule has 6 nitrogen and oxygen atoms in total. The van der Waals surface area contributed by atoms with Gasteiger partial charge in [0.05, 0.1) is 11.4 Å². The molecule has 0 radical (unpaired) electrons. The normalized spacial score (nSPS) is 11.6. The van der Waals surface area contributed by atoms with Crippen molar-refractivity contribution >= 4 is 33.2 Å². The van der Waals surface area contributed by atoms with E-state index in [0.717, 1.165) is 16.4 Å². The molecular weight excluding hydrogens is 405 g/mol. The Bertz CT molecular complexity index is 1130. The highest BCUT2D eigenvalue weighted by Gasteiger charge is 2.23. The Labute approximate surface area is 167 Å². The Morgan fingerprint density at radius 3 is 2.43 bits per heavy atom. The number of hydrogen-bond donors (Lipinski definition) is 1. The molecule has 146 valence electrons. The zero-order valence-electron chi connectivity index (χ0n) is 15.1. The van der Waals surface area contributed by atoms with E-state index in [1.807, 2.05) is 12.1 Å². The van der Waals surface area contributed by atoms with Crippen LogP contribution in [0, 0.1) is 5.82 Å². The van der Waals surface area contributed by atoms with Gasteiger partial charge >= 0.3 is 0 Å². The van der Waals surface area contributed by atoms with Crippen LogP contribution in [0.5, 0.6) is 0 Å². The van der Waals surface area contributed by atoms with Crippen molar-refractivity contribution in [1.82, 2.24) is 8.87 Å². The number of sulfonamides is 1. The molecule has 28 heavy (non-hydrogen) atoms. The van der Waals surface area contributed by atoms with E-state index in [4.69, 9.17) is 11.6 Å². The van der Waals surface area contributed by atoms with Crippen molar-refractivity contribution in [1.29, 1.82) is 0 Å². The van der Waals surface area contributed by atoms with Crippen molar-refractivity contribution in [3.05, 3.63) is 77.3 Å². The first-order chi connectivity index (χ1) is 13.2. The van der Waals surface area contributed by atoms with E-state index in [-0.39, 0.29) is 5.56 Å². The minimum atomic E-state index is -4.03. The highest BCUT2D eigenvalue weighted by Crippen LogP contribution is 2.26. The quantitative estimate of drug-likeness (QED) is 0.681. The van der Waals surface area contributed by atoms with E-state index in [1.54, 1.807) is 35.2 Å². The first kappa shape index (κ1) is 20.1. The summed E-state index contributed by atoms with van der Waals surface area (Å²) < 4.78 is 41.3. The summed E-state index contributed by atoms with van der Waals surface area (Å²) in [4.78, 5) is 12.1. The monoisotopic (exact) mass is 421 g/mol. The number of hydrogen-bond acceptors (Lipinski definition) is 3. The van der Waals surface area contributed by atoms with Crippen LogP contribution in [0.15, 0.2) is 65.8 Å². The van der Waals surface area contributed by atoms with Crippen molar-refractivity contribution < 1.29 is 17.6 Å². The number of anilines is 1. The molecule has 1 N–H and O–H groups in total. The Morgan fingerprint density at radius 1 is 1.11 bits per heavy atom. The predicted octanol–water partition coefficient (Wildman–Crippen LogP) is 3.77. The fraction of sp³-hybridized carbons (Fsp3) is 0.105. The number of carbonyl (C=O) groups excluding carboxylic acids is 1. The lowest BCUT2D eigenvalue weighted by molar-refractivity contribution is 0.102. The highest BCUT2D eigenvalue weighted by molar-refractivity contribution is 7.89. The average molecular weight is 422 g/mol. The lowest BCUT2D eigenvalue weighted by Gasteiger charge is -2.15. The summed E-state index contributed by atoms with van der Waals surface area (Å²) in [5, 5.41) is 3.21. The van der Waals surface area contributed by atoms with Crippen LogP contribution in [0.4, 0.5) is 10.1 Å². The lowest BCUT2D eigenvalue weighted by Crippen LogP contribution is -2.24. The molecule has 9 heteroatoms. The molecule has 0 aliphatic carbocycles. The summed E-state index contributed by atoms with van der Waals surface area (Å²) in [6.45, 7) is 0. The van der Waals surface area contributed by atoms with Crippen molar-refractivity contribution in [3.63, 3.8) is 0 Å². The van der Waals surface area contributed by atoms with Crippen molar-refractivity contribution in [3.8, 4) is 5.69 Å². The standard InChI is InChI=1S/C19H17ClFN3O3S/c1-23(2)28(26,27)18-11-13(5-7-15(18)21)19(25)22-16-8-6-14(20)12-17(16)24-9-3-4-10-24/h3-12H,1-2H3,(H,22,25). The summed E-state index contributed by atoms with van der Waals surface area (Å²) in [5.41, 5.74) is 1.11. The van der Waals surface area contributed by atoms with E-state index in [0.29, 0.717) is 16.4 Å². The Balaban J connectivity index is 1.97. The largest absolute Gasteiger partial charge is 0.322 e. The number of amides is 1. The molecule has 0 fully saturated rings. The van der Waals surface area contributed by atoms with Crippen LogP contribution in [0.3, 0.4) is 0 Å². The summed E-state index contributed by atoms with van der Waals surface area (Å²) in [6.07, 6.45) is 3.59. The molecule has 3 aromatic rings. The maximum atomic E-state index is 14.1. The number of nitrogens with one attached hydrogen (secondary N) is 1. The molecule has 0 saturated heterocycles. The Hall–Kier alpha value is -2.68. The second kappa shape index (κ2) is 7.75. The Morgan fingerprint density at radius 2 is 1.79 bits per heavy atom. The second-order valence-corrected chi connectivity index (χ2v) is 8.70. The van der Waals surface area contributed by atoms with Gasteiger partial charge in [-0.05, 0) is 48.5 Å². The van der Waals surface area contributed by atoms with Gasteiger partial charge in [-0.3, -0.25) is 4.79 Å². The Kier molecular flexibility index (Phi) is 5.55. The topological polar surface area (TPSA) is 71.4 Å². The zero-order chi connectivity index (χ0) is 20.5. The van der Waals surface area contributed by atoms with Crippen LogP contribution in [-0.2, 0) is 10.0 Å². The fourth-order valence-electron chi connectivity index (χ4n) is 2.55. The third-order valence-electron chi connectivity index (χ3n) is 4.04. The summed E-state index contributed by atoms with van der Waals surface area (Å²) in [6, 6.07) is 11.8. The highest BCUT2D eigenvalue weighted by atomic mass is 35.5. The first-order valence-corrected chi connectivity index (χ1v) is 9.98. The van der Waals surface area contributed by atoms with Crippen LogP contribution in [0.2, 0.25) is 5.02 Å². The number of rotatable bonds is 5. The summed E-state index contributed by atoms with van der Waals surface area (Å²) in [7, 11) is -1.45. The van der Waals surface area contributed by atoms with Crippen LogP contribution >= 0.6 is 11.6 Å². The molecule has 0 saturated carbocycles. The van der Waals surface area contributed by atoms with Crippen molar-refractivity contribution in [2.45, 2.75) is 4.90 Å². The van der Waals surface area contributed by atoms with E-state index >= 15 is 0 Å². The van der Waals surface area contributed by atoms with E-state index < -0.39 is 26.6 Å². The molecule has 2 aromatic carbocycles. The van der Waals surface area contributed by atoms with E-state index in [1.165, 1.54) is 20.2 Å². The first-order valence-electron chi connectivity index (χ1n) is 8.16. The summed E-state index contributed by atoms with van der Waals surface area (Å²) in [5.74, 6) is -1.50. The van der Waals surface area contributed by atoms with Gasteiger partial charge in [0.15, 0.2) is 0 Å². The SMILES string of the molecule is CN(C)S(=O)(=O)c1cc(C(=O)Nc2ccc(Cl)cc2-n2cccc2)ccc1F. The number of halogens is 2. The van der Waals surface area contributed by atoms with Gasteiger partial charge in [0, 0.05) is 37.1 Å². The third kappa shape index (κ3) is 3.94. The third-order valence-corrected chi connectivity index (χ3v) is 6.11. The van der Waals surface area contributed by atoms with Gasteiger partial charge < -0.3 is 9.88 Å². The minimum absolute atomic E-state index is 0.00947. The van der Waals surface area contributed by atoms with Gasteiger partial charge in [0.25, 0.3) is 5.91 Å². The second-order valence-electron chi connectivity index (χ2n) is 6.14. The molecule has 0 spiro atoms. The van der Waals surface area contributed by atoms with Crippen molar-refractivity contribution in [2.75, 3.05) is 19.4 Å². The van der Waals surface area contributed by atoms with Gasteiger partial charge in [0.2, 0.25) is 10.0 Å². The number of aromatic nitrogens is 1. The summed E-state index contributed by atoms with van der Waals surface area (Å²) >= 11 is 6.07. The smallest absolute Gasteiger partial charge is 0.255 e. The van der Waals surface area contributed by atoms with Gasteiger partial charge in [-0.1, -0.05) is 11.6 Å². The van der Waals surface area contributed by atoms with Crippen LogP contribution in [0.25, 0.3) is 5.69 Å². The van der Waals surface area contributed by atoms with E-state index in [9.17, 15) is 17.6 Å². The van der Waals surface area contributed by atoms with Gasteiger partial charge in [-0.25, -0.2) is 17.1 Å². The molecule has 0 bridgehead atoms. The van der Waals surface area contributed by atoms with Gasteiger partial charge in [0.1, 0.15) is 10.7 Å². The van der Waals surface area contributed by atoms with Crippen LogP contribution < -0.4 is 5.32 Å². The fourth-order valence-corrected chi connectivity index (χ4v) is 3.70. The predicted molar refractivity (Wildman–Crippen MR) is 106 cm³/mol. The number of nitrogens with zero attached hydrogens (tertiary/aromatic N) is 2. The lowest BCUT2D eigenvalue weighted by atomic mass is 10.2. The maximum Gasteiger partial charge on any atom is 0.255 e. The van der Waals surface area contributed by atoms with Gasteiger partial charge in [-0.15, -0.1) is 0 Å². The zero-order valence-corrected chi connectivity index (χ0v) is 16.6. The molecular formula is C19H17ClFN3O3S. The minimum Gasteiger partial charge on any atom is -0.322 e. The molecule has 0 aliphatic rings. The molecule has 0 aliphatic heterocycles. The van der Waals surface area contributed by atoms with Crippen LogP contribution in [0.1, 0.15) is 10.4 Å². The maximum absolute atomic E-state index is 14.1. The number of benzene rings is 2. The number of carbonyl (C=O) groups is 1. The van der Waals surface area contributed by atoms with Crippen molar-refractivity contribution in [2.24, 2.45) is 0 Å². The molecule has 3 rings (SSSR count). The molecule has 1 heterocycles. The average Bonchev–Trinajstić information content (AvgIpc) is 3.17. The molecule has 1 amide bonds. The van der Waals surface area contributed by atoms with E-state index in [2.05, 4.69) is 5.32 Å². The van der Waals surface area contributed by atoms with Crippen LogP contribution in [-0.4, -0.2) is 37.3 Å².